The molecule has 0 atom stereocenters. The minimum atomic E-state index is -0.321. The zero-order valence-electron chi connectivity index (χ0n) is 13.9. The fourth-order valence-electron chi connectivity index (χ4n) is 2.69. The lowest BCUT2D eigenvalue weighted by Crippen LogP contribution is -2.09. The lowest BCUT2D eigenvalue weighted by molar-refractivity contribution is 0.0733. The van der Waals surface area contributed by atoms with Gasteiger partial charge in [-0.15, -0.1) is 0 Å². The molecule has 2 nitrogen and oxygen atoms in total. The largest absolute Gasteiger partial charge is 0.423 e. The Morgan fingerprint density at radius 1 is 0.739 bits per heavy atom. The minimum absolute atomic E-state index is 0.321. The highest BCUT2D eigenvalue weighted by molar-refractivity contribution is 5.96. The fraction of sp³-hybridized carbons (Fsp3) is 0.190. The summed E-state index contributed by atoms with van der Waals surface area (Å²) in [6, 6.07) is 15.8. The summed E-state index contributed by atoms with van der Waals surface area (Å²) in [7, 11) is 0. The number of hydrogen-bond donors (Lipinski definition) is 0. The van der Waals surface area contributed by atoms with Gasteiger partial charge in [-0.05, 0) is 73.4 Å². The Bertz CT molecular complexity index is 907. The highest BCUT2D eigenvalue weighted by Gasteiger charge is 2.12. The molecule has 0 bridgehead atoms. The summed E-state index contributed by atoms with van der Waals surface area (Å²) < 4.78 is 5.60. The van der Waals surface area contributed by atoms with Gasteiger partial charge in [0.2, 0.25) is 0 Å². The Labute approximate surface area is 136 Å². The van der Waals surface area contributed by atoms with Crippen LogP contribution in [0.3, 0.4) is 0 Å². The number of ether oxygens (including phenoxy) is 1. The van der Waals surface area contributed by atoms with Gasteiger partial charge in [0.25, 0.3) is 0 Å². The second kappa shape index (κ2) is 5.88. The smallest absolute Gasteiger partial charge is 0.343 e. The van der Waals surface area contributed by atoms with Gasteiger partial charge < -0.3 is 4.74 Å². The molecule has 0 amide bonds. The summed E-state index contributed by atoms with van der Waals surface area (Å²) in [6.07, 6.45) is 0. The summed E-state index contributed by atoms with van der Waals surface area (Å²) in [5.74, 6) is 0.306. The number of esters is 1. The van der Waals surface area contributed by atoms with Crippen LogP contribution in [0.4, 0.5) is 0 Å². The van der Waals surface area contributed by atoms with Crippen LogP contribution in [0.5, 0.6) is 5.75 Å². The Morgan fingerprint density at radius 3 is 2.17 bits per heavy atom. The van der Waals surface area contributed by atoms with Crippen molar-refractivity contribution in [1.82, 2.24) is 0 Å². The number of carbonyl (C=O) groups is 1. The van der Waals surface area contributed by atoms with Crippen LogP contribution in [-0.4, -0.2) is 5.97 Å². The molecule has 0 radical (unpaired) electrons. The van der Waals surface area contributed by atoms with Gasteiger partial charge in [-0.3, -0.25) is 0 Å². The van der Waals surface area contributed by atoms with E-state index in [0.717, 1.165) is 21.9 Å². The molecule has 0 fully saturated rings. The van der Waals surface area contributed by atoms with Gasteiger partial charge in [-0.25, -0.2) is 4.79 Å². The second-order valence-electron chi connectivity index (χ2n) is 6.16. The standard InChI is InChI=1S/C21H20O2/c1-13-5-6-18-12-19(8-7-17(18)9-13)21(22)23-20-11-15(3)14(2)10-16(20)4/h5-12H,1-4H3. The molecule has 0 spiro atoms. The number of hydrogen-bond acceptors (Lipinski definition) is 2. The number of aryl methyl sites for hydroxylation is 4. The van der Waals surface area contributed by atoms with Gasteiger partial charge in [-0.2, -0.15) is 0 Å². The maximum absolute atomic E-state index is 12.5. The predicted octanol–water partition coefficient (Wildman–Crippen LogP) is 5.29. The van der Waals surface area contributed by atoms with E-state index in [1.165, 1.54) is 11.1 Å². The first-order valence-corrected chi connectivity index (χ1v) is 7.74. The van der Waals surface area contributed by atoms with E-state index >= 15 is 0 Å². The predicted molar refractivity (Wildman–Crippen MR) is 94.3 cm³/mol. The third-order valence-electron chi connectivity index (χ3n) is 4.23. The molecular weight excluding hydrogens is 284 g/mol. The third-order valence-corrected chi connectivity index (χ3v) is 4.23. The normalized spacial score (nSPS) is 10.8. The quantitative estimate of drug-likeness (QED) is 0.475. The molecule has 3 aromatic carbocycles. The number of carbonyl (C=O) groups excluding carboxylic acids is 1. The number of rotatable bonds is 2. The van der Waals surface area contributed by atoms with Crippen LogP contribution >= 0.6 is 0 Å². The topological polar surface area (TPSA) is 26.3 Å². The van der Waals surface area contributed by atoms with Crippen LogP contribution < -0.4 is 4.74 Å². The van der Waals surface area contributed by atoms with Gasteiger partial charge in [0.1, 0.15) is 5.75 Å². The van der Waals surface area contributed by atoms with E-state index in [1.54, 1.807) is 0 Å². The maximum atomic E-state index is 12.5. The van der Waals surface area contributed by atoms with Crippen LogP contribution in [0.1, 0.15) is 32.6 Å². The Kier molecular flexibility index (Phi) is 3.91. The van der Waals surface area contributed by atoms with Crippen molar-refractivity contribution in [2.45, 2.75) is 27.7 Å². The van der Waals surface area contributed by atoms with E-state index in [1.807, 2.05) is 56.3 Å². The molecule has 3 rings (SSSR count). The first-order valence-electron chi connectivity index (χ1n) is 7.74. The number of fused-ring (bicyclic) bond motifs is 1. The van der Waals surface area contributed by atoms with Crippen LogP contribution in [0.2, 0.25) is 0 Å². The maximum Gasteiger partial charge on any atom is 0.343 e. The van der Waals surface area contributed by atoms with Crippen LogP contribution in [-0.2, 0) is 0 Å². The summed E-state index contributed by atoms with van der Waals surface area (Å²) in [5, 5.41) is 2.17. The van der Waals surface area contributed by atoms with E-state index < -0.39 is 0 Å². The van der Waals surface area contributed by atoms with E-state index in [-0.39, 0.29) is 5.97 Å². The Hall–Kier alpha value is -2.61. The second-order valence-corrected chi connectivity index (χ2v) is 6.16. The highest BCUT2D eigenvalue weighted by atomic mass is 16.5. The lowest BCUT2D eigenvalue weighted by Gasteiger charge is -2.11. The van der Waals surface area contributed by atoms with E-state index in [4.69, 9.17) is 4.74 Å². The van der Waals surface area contributed by atoms with Gasteiger partial charge in [0.15, 0.2) is 0 Å². The summed E-state index contributed by atoms with van der Waals surface area (Å²) in [5.41, 5.74) is 5.06. The fourth-order valence-corrected chi connectivity index (χ4v) is 2.69. The van der Waals surface area contributed by atoms with E-state index in [2.05, 4.69) is 19.9 Å². The van der Waals surface area contributed by atoms with Gasteiger partial charge in [0.05, 0.1) is 5.56 Å². The molecule has 0 N–H and O–H groups in total. The van der Waals surface area contributed by atoms with Crippen LogP contribution in [0, 0.1) is 27.7 Å². The van der Waals surface area contributed by atoms with Gasteiger partial charge in [-0.1, -0.05) is 35.9 Å². The monoisotopic (exact) mass is 304 g/mol. The molecule has 116 valence electrons. The zero-order chi connectivity index (χ0) is 16.6. The molecule has 0 aliphatic rings. The lowest BCUT2D eigenvalue weighted by atomic mass is 10.0. The molecule has 0 aromatic heterocycles. The van der Waals surface area contributed by atoms with Crippen molar-refractivity contribution < 1.29 is 9.53 Å². The average molecular weight is 304 g/mol. The molecule has 2 heteroatoms. The molecule has 0 saturated carbocycles. The molecule has 0 saturated heterocycles. The van der Waals surface area contributed by atoms with Crippen molar-refractivity contribution >= 4 is 16.7 Å². The molecule has 23 heavy (non-hydrogen) atoms. The Morgan fingerprint density at radius 2 is 1.39 bits per heavy atom. The van der Waals surface area contributed by atoms with Crippen molar-refractivity contribution in [3.8, 4) is 5.75 Å². The average Bonchev–Trinajstić information content (AvgIpc) is 2.52. The van der Waals surface area contributed by atoms with Crippen molar-refractivity contribution in [2.75, 3.05) is 0 Å². The summed E-state index contributed by atoms with van der Waals surface area (Å²) in [4.78, 5) is 12.5. The van der Waals surface area contributed by atoms with Gasteiger partial charge in [0, 0.05) is 0 Å². The third kappa shape index (κ3) is 3.11. The van der Waals surface area contributed by atoms with Crippen molar-refractivity contribution in [3.05, 3.63) is 76.3 Å². The molecular formula is C21H20O2. The van der Waals surface area contributed by atoms with Crippen molar-refractivity contribution in [1.29, 1.82) is 0 Å². The Balaban J connectivity index is 1.91. The molecule has 3 aromatic rings. The highest BCUT2D eigenvalue weighted by Crippen LogP contribution is 2.24. The van der Waals surface area contributed by atoms with Crippen molar-refractivity contribution in [2.24, 2.45) is 0 Å². The zero-order valence-corrected chi connectivity index (χ0v) is 13.9. The van der Waals surface area contributed by atoms with Gasteiger partial charge >= 0.3 is 5.97 Å². The number of benzene rings is 3. The SMILES string of the molecule is Cc1ccc2cc(C(=O)Oc3cc(C)c(C)cc3C)ccc2c1. The van der Waals surface area contributed by atoms with E-state index in [0.29, 0.717) is 11.3 Å². The molecule has 0 aliphatic heterocycles. The van der Waals surface area contributed by atoms with Crippen LogP contribution in [0.25, 0.3) is 10.8 Å². The van der Waals surface area contributed by atoms with E-state index in [9.17, 15) is 4.79 Å². The first kappa shape index (κ1) is 15.3. The molecule has 0 aliphatic carbocycles. The molecule has 0 heterocycles. The van der Waals surface area contributed by atoms with Crippen LogP contribution in [0.15, 0.2) is 48.5 Å². The summed E-state index contributed by atoms with van der Waals surface area (Å²) in [6.45, 7) is 8.09. The van der Waals surface area contributed by atoms with Crippen molar-refractivity contribution in [3.63, 3.8) is 0 Å². The summed E-state index contributed by atoms with van der Waals surface area (Å²) >= 11 is 0. The minimum Gasteiger partial charge on any atom is -0.423 e. The first-order chi connectivity index (χ1) is 10.9. The molecule has 0 unspecified atom stereocenters.